The van der Waals surface area contributed by atoms with Gasteiger partial charge in [0, 0.05) is 11.8 Å². The Morgan fingerprint density at radius 1 is 1.44 bits per heavy atom. The average Bonchev–Trinajstić information content (AvgIpc) is 2.64. The van der Waals surface area contributed by atoms with E-state index >= 15 is 0 Å². The number of nitrogen functional groups attached to an aromatic ring is 1. The van der Waals surface area contributed by atoms with Crippen LogP contribution in [0.3, 0.4) is 0 Å². The van der Waals surface area contributed by atoms with Crippen LogP contribution in [0.1, 0.15) is 11.3 Å². The molecule has 2 aromatic rings. The summed E-state index contributed by atoms with van der Waals surface area (Å²) in [6.45, 7) is 1.92. The Hall–Kier alpha value is -1.81. The van der Waals surface area contributed by atoms with Crippen molar-refractivity contribution in [1.82, 2.24) is 9.78 Å². The number of benzene rings is 1. The van der Waals surface area contributed by atoms with E-state index in [4.69, 9.17) is 22.7 Å². The third-order valence-corrected chi connectivity index (χ3v) is 2.54. The number of nitrogens with one attached hydrogen (secondary N) is 1. The zero-order chi connectivity index (χ0) is 11.7. The van der Waals surface area contributed by atoms with Gasteiger partial charge in [-0.2, -0.15) is 5.10 Å². The second-order valence-corrected chi connectivity index (χ2v) is 3.89. The first-order chi connectivity index (χ1) is 7.58. The smallest absolute Gasteiger partial charge is 0.124 e. The molecule has 5 heteroatoms. The van der Waals surface area contributed by atoms with Crippen LogP contribution in [0.2, 0.25) is 5.02 Å². The summed E-state index contributed by atoms with van der Waals surface area (Å²) < 4.78 is 1.73. The summed E-state index contributed by atoms with van der Waals surface area (Å²) >= 11 is 6.02. The highest BCUT2D eigenvalue weighted by Crippen LogP contribution is 2.19. The highest BCUT2D eigenvalue weighted by molar-refractivity contribution is 6.34. The van der Waals surface area contributed by atoms with Gasteiger partial charge < -0.3 is 5.73 Å². The van der Waals surface area contributed by atoms with Crippen LogP contribution in [-0.2, 0) is 0 Å². The molecule has 0 spiro atoms. The highest BCUT2D eigenvalue weighted by Gasteiger charge is 2.06. The minimum absolute atomic E-state index is 0.0341. The van der Waals surface area contributed by atoms with E-state index < -0.39 is 0 Å². The molecule has 0 atom stereocenters. The predicted molar refractivity (Wildman–Crippen MR) is 64.3 cm³/mol. The number of hydrogen-bond donors (Lipinski definition) is 2. The predicted octanol–water partition coefficient (Wildman–Crippen LogP) is 2.12. The molecule has 0 aliphatic rings. The second-order valence-electron chi connectivity index (χ2n) is 3.48. The monoisotopic (exact) mass is 234 g/mol. The van der Waals surface area contributed by atoms with Crippen LogP contribution >= 0.6 is 11.6 Å². The molecular formula is C11H11ClN4. The van der Waals surface area contributed by atoms with Gasteiger partial charge in [-0.1, -0.05) is 11.6 Å². The van der Waals surface area contributed by atoms with Crippen LogP contribution in [0.5, 0.6) is 0 Å². The first kappa shape index (κ1) is 10.7. The number of aryl methyl sites for hydroxylation is 1. The van der Waals surface area contributed by atoms with Crippen LogP contribution in [0.25, 0.3) is 5.69 Å². The Morgan fingerprint density at radius 2 is 2.19 bits per heavy atom. The van der Waals surface area contributed by atoms with Gasteiger partial charge in [0.1, 0.15) is 5.84 Å². The normalized spacial score (nSPS) is 10.4. The molecule has 0 saturated carbocycles. The van der Waals surface area contributed by atoms with Crippen molar-refractivity contribution in [3.05, 3.63) is 46.7 Å². The van der Waals surface area contributed by atoms with Crippen LogP contribution in [-0.4, -0.2) is 15.6 Å². The van der Waals surface area contributed by atoms with Crippen molar-refractivity contribution < 1.29 is 0 Å². The highest BCUT2D eigenvalue weighted by atomic mass is 35.5. The zero-order valence-electron chi connectivity index (χ0n) is 8.74. The molecule has 1 aromatic carbocycles. The van der Waals surface area contributed by atoms with Gasteiger partial charge >= 0.3 is 0 Å². The Balaban J connectivity index is 2.45. The maximum Gasteiger partial charge on any atom is 0.124 e. The van der Waals surface area contributed by atoms with Gasteiger partial charge in [0.15, 0.2) is 0 Å². The van der Waals surface area contributed by atoms with E-state index in [2.05, 4.69) is 5.10 Å². The van der Waals surface area contributed by atoms with Crippen molar-refractivity contribution in [2.45, 2.75) is 6.92 Å². The average molecular weight is 235 g/mol. The summed E-state index contributed by atoms with van der Waals surface area (Å²) in [6.07, 6.45) is 1.86. The lowest BCUT2D eigenvalue weighted by molar-refractivity contribution is 0.862. The van der Waals surface area contributed by atoms with E-state index in [1.54, 1.807) is 16.8 Å². The fourth-order valence-electron chi connectivity index (χ4n) is 1.42. The van der Waals surface area contributed by atoms with Gasteiger partial charge in [-0.3, -0.25) is 5.41 Å². The first-order valence-corrected chi connectivity index (χ1v) is 5.12. The SMILES string of the molecule is Cc1ccn(-c2ccc(C(=N)N)c(Cl)c2)n1. The van der Waals surface area contributed by atoms with Crippen LogP contribution in [0.15, 0.2) is 30.5 Å². The largest absolute Gasteiger partial charge is 0.384 e. The molecule has 0 amide bonds. The molecule has 0 radical (unpaired) electrons. The summed E-state index contributed by atoms with van der Waals surface area (Å²) in [6, 6.07) is 7.20. The summed E-state index contributed by atoms with van der Waals surface area (Å²) in [4.78, 5) is 0. The zero-order valence-corrected chi connectivity index (χ0v) is 9.49. The standard InChI is InChI=1S/C11H11ClN4/c1-7-4-5-16(15-7)8-2-3-9(11(13)14)10(12)6-8/h2-6H,1H3,(H3,13,14). The lowest BCUT2D eigenvalue weighted by Gasteiger charge is -2.05. The number of aromatic nitrogens is 2. The number of nitrogens with zero attached hydrogens (tertiary/aromatic N) is 2. The van der Waals surface area contributed by atoms with Gasteiger partial charge in [-0.05, 0) is 31.2 Å². The molecule has 0 aliphatic carbocycles. The van der Waals surface area contributed by atoms with E-state index in [0.29, 0.717) is 10.6 Å². The summed E-state index contributed by atoms with van der Waals surface area (Å²) in [5.74, 6) is -0.0341. The Morgan fingerprint density at radius 3 is 2.69 bits per heavy atom. The molecule has 0 aliphatic heterocycles. The summed E-state index contributed by atoms with van der Waals surface area (Å²) in [7, 11) is 0. The van der Waals surface area contributed by atoms with Crippen molar-refractivity contribution >= 4 is 17.4 Å². The maximum absolute atomic E-state index is 7.33. The van der Waals surface area contributed by atoms with Crippen LogP contribution in [0, 0.1) is 12.3 Å². The second kappa shape index (κ2) is 3.98. The van der Waals surface area contributed by atoms with Crippen molar-refractivity contribution in [2.75, 3.05) is 0 Å². The molecule has 0 unspecified atom stereocenters. The van der Waals surface area contributed by atoms with E-state index in [-0.39, 0.29) is 5.84 Å². The third-order valence-electron chi connectivity index (χ3n) is 2.23. The van der Waals surface area contributed by atoms with Gasteiger partial charge in [0.25, 0.3) is 0 Å². The van der Waals surface area contributed by atoms with Crippen molar-refractivity contribution in [3.63, 3.8) is 0 Å². The molecule has 4 nitrogen and oxygen atoms in total. The lowest BCUT2D eigenvalue weighted by Crippen LogP contribution is -2.11. The Labute approximate surface area is 98.2 Å². The van der Waals surface area contributed by atoms with Gasteiger partial charge in [-0.15, -0.1) is 0 Å². The minimum atomic E-state index is -0.0341. The molecular weight excluding hydrogens is 224 g/mol. The molecule has 82 valence electrons. The van der Waals surface area contributed by atoms with Crippen LogP contribution < -0.4 is 5.73 Å². The maximum atomic E-state index is 7.33. The number of hydrogen-bond acceptors (Lipinski definition) is 2. The molecule has 0 saturated heterocycles. The molecule has 1 aromatic heterocycles. The summed E-state index contributed by atoms with van der Waals surface area (Å²) in [5, 5.41) is 12.1. The third kappa shape index (κ3) is 1.92. The quantitative estimate of drug-likeness (QED) is 0.617. The van der Waals surface area contributed by atoms with E-state index in [9.17, 15) is 0 Å². The van der Waals surface area contributed by atoms with Gasteiger partial charge in [-0.25, -0.2) is 4.68 Å². The molecule has 0 bridgehead atoms. The lowest BCUT2D eigenvalue weighted by atomic mass is 10.2. The van der Waals surface area contributed by atoms with E-state index in [0.717, 1.165) is 11.4 Å². The number of rotatable bonds is 2. The van der Waals surface area contributed by atoms with Crippen molar-refractivity contribution in [3.8, 4) is 5.69 Å². The fourth-order valence-corrected chi connectivity index (χ4v) is 1.70. The first-order valence-electron chi connectivity index (χ1n) is 4.74. The van der Waals surface area contributed by atoms with Gasteiger partial charge in [0.05, 0.1) is 16.4 Å². The molecule has 16 heavy (non-hydrogen) atoms. The van der Waals surface area contributed by atoms with Crippen molar-refractivity contribution in [2.24, 2.45) is 5.73 Å². The minimum Gasteiger partial charge on any atom is -0.384 e. The summed E-state index contributed by atoms with van der Waals surface area (Å²) in [5.41, 5.74) is 7.71. The van der Waals surface area contributed by atoms with Crippen LogP contribution in [0.4, 0.5) is 0 Å². The van der Waals surface area contributed by atoms with Crippen molar-refractivity contribution in [1.29, 1.82) is 5.41 Å². The Kier molecular flexibility index (Phi) is 2.66. The van der Waals surface area contributed by atoms with Gasteiger partial charge in [0.2, 0.25) is 0 Å². The number of amidine groups is 1. The number of halogens is 1. The van der Waals surface area contributed by atoms with E-state index in [1.807, 2.05) is 25.3 Å². The molecule has 3 N–H and O–H groups in total. The fraction of sp³-hybridized carbons (Fsp3) is 0.0909. The Bertz CT molecular complexity index is 545. The van der Waals surface area contributed by atoms with E-state index in [1.165, 1.54) is 0 Å². The number of nitrogens with two attached hydrogens (primary N) is 1. The molecule has 1 heterocycles. The topological polar surface area (TPSA) is 67.7 Å². The molecule has 0 fully saturated rings. The molecule has 2 rings (SSSR count).